The Kier molecular flexibility index (Phi) is 4.01. The van der Waals surface area contributed by atoms with Gasteiger partial charge >= 0.3 is 0 Å². The molecule has 4 aromatic rings. The van der Waals surface area contributed by atoms with Crippen molar-refractivity contribution in [2.75, 3.05) is 0 Å². The van der Waals surface area contributed by atoms with Gasteiger partial charge in [0.05, 0.1) is 5.56 Å². The molecule has 0 unspecified atom stereocenters. The fourth-order valence-corrected chi connectivity index (χ4v) is 3.58. The van der Waals surface area contributed by atoms with Gasteiger partial charge in [-0.1, -0.05) is 36.0 Å². The van der Waals surface area contributed by atoms with Gasteiger partial charge in [-0.3, -0.25) is 0 Å². The Labute approximate surface area is 146 Å². The van der Waals surface area contributed by atoms with E-state index in [0.717, 1.165) is 28.2 Å². The number of benzene rings is 2. The molecule has 0 aliphatic carbocycles. The molecule has 0 saturated carbocycles. The summed E-state index contributed by atoms with van der Waals surface area (Å²) in [7, 11) is 0. The zero-order chi connectivity index (χ0) is 17.4. The van der Waals surface area contributed by atoms with E-state index in [0.29, 0.717) is 5.89 Å². The third kappa shape index (κ3) is 2.91. The largest absolute Gasteiger partial charge is 0.411 e. The molecule has 1 N–H and O–H groups in total. The summed E-state index contributed by atoms with van der Waals surface area (Å²) in [6.45, 7) is 1.70. The summed E-state index contributed by atoms with van der Waals surface area (Å²) in [4.78, 5) is 3.14. The number of fused-ring (bicyclic) bond motifs is 1. The molecule has 126 valence electrons. The summed E-state index contributed by atoms with van der Waals surface area (Å²) < 4.78 is 33.4. The van der Waals surface area contributed by atoms with Crippen LogP contribution in [-0.4, -0.2) is 15.2 Å². The van der Waals surface area contributed by atoms with E-state index in [2.05, 4.69) is 15.2 Å². The van der Waals surface area contributed by atoms with Crippen LogP contribution in [-0.2, 0) is 0 Å². The molecule has 4 nitrogen and oxygen atoms in total. The van der Waals surface area contributed by atoms with E-state index in [4.69, 9.17) is 4.42 Å². The summed E-state index contributed by atoms with van der Waals surface area (Å²) in [6, 6.07) is 11.6. The molecule has 4 rings (SSSR count). The molecular weight excluding hydrogens is 344 g/mol. The van der Waals surface area contributed by atoms with E-state index >= 15 is 0 Å². The lowest BCUT2D eigenvalue weighted by atomic mass is 10.1. The minimum Gasteiger partial charge on any atom is -0.411 e. The zero-order valence-corrected chi connectivity index (χ0v) is 14.0. The molecule has 0 fully saturated rings. The van der Waals surface area contributed by atoms with Crippen LogP contribution in [0.5, 0.6) is 0 Å². The molecule has 25 heavy (non-hydrogen) atoms. The second-order valence-electron chi connectivity index (χ2n) is 5.52. The average molecular weight is 357 g/mol. The zero-order valence-electron chi connectivity index (χ0n) is 13.2. The smallest absolute Gasteiger partial charge is 0.277 e. The highest BCUT2D eigenvalue weighted by molar-refractivity contribution is 7.99. The Morgan fingerprint density at radius 2 is 1.80 bits per heavy atom. The van der Waals surface area contributed by atoms with E-state index in [9.17, 15) is 8.78 Å². The van der Waals surface area contributed by atoms with Crippen LogP contribution in [0.3, 0.4) is 0 Å². The summed E-state index contributed by atoms with van der Waals surface area (Å²) in [5.74, 6) is -0.811. The van der Waals surface area contributed by atoms with Crippen molar-refractivity contribution in [3.63, 3.8) is 0 Å². The van der Waals surface area contributed by atoms with Crippen molar-refractivity contribution in [1.82, 2.24) is 15.2 Å². The minimum absolute atomic E-state index is 0.000607. The predicted octanol–water partition coefficient (Wildman–Crippen LogP) is 5.35. The molecule has 0 amide bonds. The maximum Gasteiger partial charge on any atom is 0.277 e. The number of halogens is 2. The Balaban J connectivity index is 1.62. The highest BCUT2D eigenvalue weighted by Gasteiger charge is 2.21. The van der Waals surface area contributed by atoms with E-state index in [1.165, 1.54) is 18.2 Å². The van der Waals surface area contributed by atoms with Gasteiger partial charge in [0, 0.05) is 27.9 Å². The number of rotatable bonds is 4. The van der Waals surface area contributed by atoms with Crippen LogP contribution in [0.15, 0.2) is 58.3 Å². The second-order valence-corrected chi connectivity index (χ2v) is 6.81. The molecular formula is C18H13F2N3OS. The summed E-state index contributed by atoms with van der Waals surface area (Å²) in [5, 5.41) is 8.77. The van der Waals surface area contributed by atoms with Crippen LogP contribution in [0.25, 0.3) is 22.4 Å². The number of hydrogen-bond acceptors (Lipinski definition) is 4. The van der Waals surface area contributed by atoms with Gasteiger partial charge in [0.1, 0.15) is 11.6 Å². The Morgan fingerprint density at radius 3 is 2.60 bits per heavy atom. The monoisotopic (exact) mass is 357 g/mol. The van der Waals surface area contributed by atoms with Gasteiger partial charge in [-0.2, -0.15) is 0 Å². The number of para-hydroxylation sites is 1. The lowest BCUT2D eigenvalue weighted by molar-refractivity contribution is 0.465. The molecule has 0 spiro atoms. The number of thioether (sulfide) groups is 1. The van der Waals surface area contributed by atoms with Crippen LogP contribution >= 0.6 is 11.8 Å². The molecule has 7 heteroatoms. The summed E-state index contributed by atoms with van der Waals surface area (Å²) in [5.41, 5.74) is 1.76. The first kappa shape index (κ1) is 15.8. The van der Waals surface area contributed by atoms with Crippen LogP contribution in [0.4, 0.5) is 8.78 Å². The molecule has 2 aromatic carbocycles. The molecule has 0 radical (unpaired) electrons. The van der Waals surface area contributed by atoms with Crippen LogP contribution in [0.1, 0.15) is 17.7 Å². The minimum atomic E-state index is -0.587. The van der Waals surface area contributed by atoms with Gasteiger partial charge in [0.2, 0.25) is 0 Å². The number of aromatic amines is 1. The Morgan fingerprint density at radius 1 is 1.04 bits per heavy atom. The molecule has 2 heterocycles. The van der Waals surface area contributed by atoms with Gasteiger partial charge in [-0.25, -0.2) is 8.78 Å². The van der Waals surface area contributed by atoms with Crippen molar-refractivity contribution >= 4 is 22.7 Å². The summed E-state index contributed by atoms with van der Waals surface area (Å²) in [6.07, 6.45) is 1.80. The fourth-order valence-electron chi connectivity index (χ4n) is 2.72. The van der Waals surface area contributed by atoms with E-state index in [-0.39, 0.29) is 10.8 Å². The maximum atomic E-state index is 13.9. The van der Waals surface area contributed by atoms with Crippen molar-refractivity contribution in [2.24, 2.45) is 0 Å². The Hall–Kier alpha value is -2.67. The van der Waals surface area contributed by atoms with Gasteiger partial charge in [-0.05, 0) is 25.1 Å². The number of H-pyrrole nitrogens is 1. The highest BCUT2D eigenvalue weighted by atomic mass is 32.2. The fraction of sp³-hybridized carbons (Fsp3) is 0.111. The maximum absolute atomic E-state index is 13.9. The third-order valence-electron chi connectivity index (χ3n) is 3.91. The molecule has 0 bridgehead atoms. The SMILES string of the molecule is C[C@@H](Sc1nnc(-c2c[nH]c3ccccc23)o1)c1c(F)cccc1F. The molecule has 2 aromatic heterocycles. The third-order valence-corrected chi connectivity index (χ3v) is 4.87. The van der Waals surface area contributed by atoms with Gasteiger partial charge in [-0.15, -0.1) is 10.2 Å². The second kappa shape index (κ2) is 6.33. The summed E-state index contributed by atoms with van der Waals surface area (Å²) >= 11 is 1.12. The predicted molar refractivity (Wildman–Crippen MR) is 92.2 cm³/mol. The number of aromatic nitrogens is 3. The molecule has 0 aliphatic heterocycles. The standard InChI is InChI=1S/C18H13F2N3OS/c1-10(16-13(19)6-4-7-14(16)20)25-18-23-22-17(24-18)12-9-21-15-8-3-2-5-11(12)15/h2-10,21H,1H3/t10-/m1/s1. The van der Waals surface area contributed by atoms with Gasteiger partial charge in [0.15, 0.2) is 0 Å². The van der Waals surface area contributed by atoms with Crippen molar-refractivity contribution in [3.05, 3.63) is 65.9 Å². The lowest BCUT2D eigenvalue weighted by Gasteiger charge is -2.10. The van der Waals surface area contributed by atoms with Crippen LogP contribution in [0.2, 0.25) is 0 Å². The molecule has 0 saturated heterocycles. The first-order chi connectivity index (χ1) is 12.1. The quantitative estimate of drug-likeness (QED) is 0.500. The van der Waals surface area contributed by atoms with E-state index < -0.39 is 16.9 Å². The Bertz CT molecular complexity index is 1020. The van der Waals surface area contributed by atoms with E-state index in [1.807, 2.05) is 24.3 Å². The highest BCUT2D eigenvalue weighted by Crippen LogP contribution is 2.38. The molecule has 1 atom stereocenters. The average Bonchev–Trinajstić information content (AvgIpc) is 3.21. The topological polar surface area (TPSA) is 54.7 Å². The normalized spacial score (nSPS) is 12.6. The van der Waals surface area contributed by atoms with Gasteiger partial charge in [0.25, 0.3) is 11.1 Å². The number of hydrogen-bond donors (Lipinski definition) is 1. The van der Waals surface area contributed by atoms with Crippen molar-refractivity contribution in [3.8, 4) is 11.5 Å². The molecule has 0 aliphatic rings. The van der Waals surface area contributed by atoms with Crippen LogP contribution in [0, 0.1) is 11.6 Å². The van der Waals surface area contributed by atoms with Crippen molar-refractivity contribution in [2.45, 2.75) is 17.4 Å². The number of nitrogens with zero attached hydrogens (tertiary/aromatic N) is 2. The van der Waals surface area contributed by atoms with E-state index in [1.54, 1.807) is 13.1 Å². The first-order valence-corrected chi connectivity index (χ1v) is 8.52. The lowest BCUT2D eigenvalue weighted by Crippen LogP contribution is -1.97. The van der Waals surface area contributed by atoms with Crippen LogP contribution < -0.4 is 0 Å². The van der Waals surface area contributed by atoms with Crippen molar-refractivity contribution in [1.29, 1.82) is 0 Å². The first-order valence-electron chi connectivity index (χ1n) is 7.64. The van der Waals surface area contributed by atoms with Gasteiger partial charge < -0.3 is 9.40 Å². The number of nitrogens with one attached hydrogen (secondary N) is 1. The van der Waals surface area contributed by atoms with Crippen molar-refractivity contribution < 1.29 is 13.2 Å².